The molecule has 1 aliphatic rings. The molecule has 3 heteroatoms. The highest BCUT2D eigenvalue weighted by molar-refractivity contribution is 9.10. The number of hydrogen-bond donors (Lipinski definition) is 1. The first-order chi connectivity index (χ1) is 8.19. The van der Waals surface area contributed by atoms with Gasteiger partial charge in [0.25, 0.3) is 0 Å². The van der Waals surface area contributed by atoms with Gasteiger partial charge in [0.1, 0.15) is 5.75 Å². The maximum atomic E-state index is 9.48. The largest absolute Gasteiger partial charge is 0.496 e. The highest BCUT2D eigenvalue weighted by Crippen LogP contribution is 2.30. The standard InChI is InChI=1S/C14H19BrO2/c1-17-14-7-4-11(9-13(14)15)8-10-2-5-12(16)6-3-10/h4,7,9-10,12,16H,2-3,5-6,8H2,1H3. The van der Waals surface area contributed by atoms with E-state index in [9.17, 15) is 5.11 Å². The van der Waals surface area contributed by atoms with Crippen LogP contribution in [0.25, 0.3) is 0 Å². The molecule has 0 atom stereocenters. The van der Waals surface area contributed by atoms with Crippen LogP contribution in [0.15, 0.2) is 22.7 Å². The van der Waals surface area contributed by atoms with E-state index in [-0.39, 0.29) is 6.10 Å². The molecule has 0 aromatic heterocycles. The third kappa shape index (κ3) is 3.46. The number of methoxy groups -OCH3 is 1. The Balaban J connectivity index is 1.97. The Morgan fingerprint density at radius 2 is 2.00 bits per heavy atom. The summed E-state index contributed by atoms with van der Waals surface area (Å²) in [6.45, 7) is 0. The summed E-state index contributed by atoms with van der Waals surface area (Å²) in [4.78, 5) is 0. The minimum Gasteiger partial charge on any atom is -0.496 e. The van der Waals surface area contributed by atoms with Crippen molar-refractivity contribution in [2.45, 2.75) is 38.2 Å². The van der Waals surface area contributed by atoms with Crippen molar-refractivity contribution in [3.8, 4) is 5.75 Å². The Morgan fingerprint density at radius 3 is 2.59 bits per heavy atom. The minimum atomic E-state index is -0.0612. The molecular formula is C14H19BrO2. The molecule has 0 unspecified atom stereocenters. The number of aliphatic hydroxyl groups is 1. The third-order valence-corrected chi connectivity index (χ3v) is 4.18. The van der Waals surface area contributed by atoms with E-state index >= 15 is 0 Å². The lowest BCUT2D eigenvalue weighted by atomic mass is 9.83. The summed E-state index contributed by atoms with van der Waals surface area (Å²) in [7, 11) is 1.68. The van der Waals surface area contributed by atoms with Gasteiger partial charge in [-0.15, -0.1) is 0 Å². The number of aliphatic hydroxyl groups excluding tert-OH is 1. The van der Waals surface area contributed by atoms with E-state index in [4.69, 9.17) is 4.74 Å². The molecule has 0 heterocycles. The summed E-state index contributed by atoms with van der Waals surface area (Å²) in [6.07, 6.45) is 5.25. The van der Waals surface area contributed by atoms with Crippen molar-refractivity contribution < 1.29 is 9.84 Å². The molecule has 0 radical (unpaired) electrons. The van der Waals surface area contributed by atoms with E-state index in [0.717, 1.165) is 48.2 Å². The van der Waals surface area contributed by atoms with Gasteiger partial charge in [-0.1, -0.05) is 6.07 Å². The predicted octanol–water partition coefficient (Wildman–Crippen LogP) is 3.55. The highest BCUT2D eigenvalue weighted by Gasteiger charge is 2.19. The number of rotatable bonds is 3. The van der Waals surface area contributed by atoms with Crippen molar-refractivity contribution in [1.82, 2.24) is 0 Å². The monoisotopic (exact) mass is 298 g/mol. The molecule has 0 spiro atoms. The molecule has 1 aromatic carbocycles. The summed E-state index contributed by atoms with van der Waals surface area (Å²) in [6, 6.07) is 6.29. The van der Waals surface area contributed by atoms with Gasteiger partial charge in [0.15, 0.2) is 0 Å². The molecule has 1 fully saturated rings. The Kier molecular flexibility index (Phi) is 4.46. The molecule has 2 nitrogen and oxygen atoms in total. The second-order valence-corrected chi connectivity index (χ2v) is 5.70. The third-order valence-electron chi connectivity index (χ3n) is 3.56. The summed E-state index contributed by atoms with van der Waals surface area (Å²) in [5.74, 6) is 1.60. The summed E-state index contributed by atoms with van der Waals surface area (Å²) < 4.78 is 6.25. The van der Waals surface area contributed by atoms with Crippen LogP contribution in [0.2, 0.25) is 0 Å². The van der Waals surface area contributed by atoms with Crippen molar-refractivity contribution in [2.24, 2.45) is 5.92 Å². The van der Waals surface area contributed by atoms with Gasteiger partial charge in [0.05, 0.1) is 17.7 Å². The fraction of sp³-hybridized carbons (Fsp3) is 0.571. The predicted molar refractivity (Wildman–Crippen MR) is 72.4 cm³/mol. The first-order valence-corrected chi connectivity index (χ1v) is 6.99. The lowest BCUT2D eigenvalue weighted by Crippen LogP contribution is -2.19. The molecule has 0 saturated heterocycles. The van der Waals surface area contributed by atoms with Crippen LogP contribution < -0.4 is 4.74 Å². The molecule has 94 valence electrons. The number of ether oxygens (including phenoxy) is 1. The molecule has 2 rings (SSSR count). The van der Waals surface area contributed by atoms with Gasteiger partial charge in [-0.05, 0) is 71.6 Å². The zero-order valence-electron chi connectivity index (χ0n) is 10.2. The van der Waals surface area contributed by atoms with E-state index in [0.29, 0.717) is 0 Å². The zero-order valence-corrected chi connectivity index (χ0v) is 11.7. The summed E-state index contributed by atoms with van der Waals surface area (Å²) in [5, 5.41) is 9.48. The van der Waals surface area contributed by atoms with Gasteiger partial charge in [-0.2, -0.15) is 0 Å². The van der Waals surface area contributed by atoms with Crippen molar-refractivity contribution in [2.75, 3.05) is 7.11 Å². The Morgan fingerprint density at radius 1 is 1.29 bits per heavy atom. The molecule has 1 aromatic rings. The first-order valence-electron chi connectivity index (χ1n) is 6.19. The molecule has 0 aliphatic heterocycles. The maximum Gasteiger partial charge on any atom is 0.133 e. The topological polar surface area (TPSA) is 29.5 Å². The second kappa shape index (κ2) is 5.87. The van der Waals surface area contributed by atoms with Crippen molar-refractivity contribution in [1.29, 1.82) is 0 Å². The summed E-state index contributed by atoms with van der Waals surface area (Å²) in [5.41, 5.74) is 1.35. The van der Waals surface area contributed by atoms with Crippen LogP contribution in [0.1, 0.15) is 31.2 Å². The lowest BCUT2D eigenvalue weighted by molar-refractivity contribution is 0.109. The molecule has 1 N–H and O–H groups in total. The molecule has 1 saturated carbocycles. The van der Waals surface area contributed by atoms with Gasteiger partial charge in [-0.25, -0.2) is 0 Å². The minimum absolute atomic E-state index is 0.0612. The Hall–Kier alpha value is -0.540. The number of benzene rings is 1. The van der Waals surface area contributed by atoms with Crippen molar-refractivity contribution in [3.63, 3.8) is 0 Å². The molecule has 0 amide bonds. The Bertz CT molecular complexity index is 370. The van der Waals surface area contributed by atoms with Crippen LogP contribution in [0.3, 0.4) is 0 Å². The van der Waals surface area contributed by atoms with Crippen LogP contribution in [0.4, 0.5) is 0 Å². The van der Waals surface area contributed by atoms with Crippen molar-refractivity contribution in [3.05, 3.63) is 28.2 Å². The van der Waals surface area contributed by atoms with Crippen molar-refractivity contribution >= 4 is 15.9 Å². The highest BCUT2D eigenvalue weighted by atomic mass is 79.9. The average Bonchev–Trinajstić information content (AvgIpc) is 2.32. The van der Waals surface area contributed by atoms with E-state index in [1.165, 1.54) is 5.56 Å². The smallest absolute Gasteiger partial charge is 0.133 e. The van der Waals surface area contributed by atoms with Gasteiger partial charge in [0.2, 0.25) is 0 Å². The SMILES string of the molecule is COc1ccc(CC2CCC(O)CC2)cc1Br. The van der Waals surface area contributed by atoms with Crippen LogP contribution in [0.5, 0.6) is 5.75 Å². The average molecular weight is 299 g/mol. The van der Waals surface area contributed by atoms with E-state index in [2.05, 4.69) is 28.1 Å². The lowest BCUT2D eigenvalue weighted by Gasteiger charge is -2.25. The van der Waals surface area contributed by atoms with E-state index in [1.54, 1.807) is 7.11 Å². The molecule has 0 bridgehead atoms. The van der Waals surface area contributed by atoms with Gasteiger partial charge in [-0.3, -0.25) is 0 Å². The molecule has 17 heavy (non-hydrogen) atoms. The number of hydrogen-bond acceptors (Lipinski definition) is 2. The molecular weight excluding hydrogens is 280 g/mol. The number of halogens is 1. The van der Waals surface area contributed by atoms with Gasteiger partial charge >= 0.3 is 0 Å². The summed E-state index contributed by atoms with van der Waals surface area (Å²) >= 11 is 3.52. The zero-order chi connectivity index (χ0) is 12.3. The van der Waals surface area contributed by atoms with Gasteiger partial charge < -0.3 is 9.84 Å². The fourth-order valence-electron chi connectivity index (χ4n) is 2.52. The fourth-order valence-corrected chi connectivity index (χ4v) is 3.11. The van der Waals surface area contributed by atoms with E-state index < -0.39 is 0 Å². The van der Waals surface area contributed by atoms with E-state index in [1.807, 2.05) is 6.07 Å². The maximum absolute atomic E-state index is 9.48. The normalized spacial score (nSPS) is 24.6. The quantitative estimate of drug-likeness (QED) is 0.925. The van der Waals surface area contributed by atoms with Gasteiger partial charge in [0, 0.05) is 0 Å². The first kappa shape index (κ1) is 12.9. The van der Waals surface area contributed by atoms with Crippen LogP contribution >= 0.6 is 15.9 Å². The Labute approximate surface area is 111 Å². The van der Waals surface area contributed by atoms with Crippen LogP contribution in [-0.2, 0) is 6.42 Å². The molecule has 1 aliphatic carbocycles. The second-order valence-electron chi connectivity index (χ2n) is 4.85. The van der Waals surface area contributed by atoms with Crippen LogP contribution in [0, 0.1) is 5.92 Å². The van der Waals surface area contributed by atoms with Crippen LogP contribution in [-0.4, -0.2) is 18.3 Å².